The highest BCUT2D eigenvalue weighted by Gasteiger charge is 2.10. The minimum Gasteiger partial charge on any atom is -0.493 e. The van der Waals surface area contributed by atoms with Crippen molar-refractivity contribution in [2.45, 2.75) is 39.3 Å². The number of nitrogens with one attached hydrogen (secondary N) is 3. The van der Waals surface area contributed by atoms with Gasteiger partial charge in [0.2, 0.25) is 0 Å². The smallest absolute Gasteiger partial charge is 0.191 e. The van der Waals surface area contributed by atoms with Crippen molar-refractivity contribution in [2.24, 2.45) is 4.99 Å². The summed E-state index contributed by atoms with van der Waals surface area (Å²) in [7, 11) is 3.40. The van der Waals surface area contributed by atoms with Gasteiger partial charge in [-0.05, 0) is 39.8 Å². The van der Waals surface area contributed by atoms with Crippen molar-refractivity contribution < 1.29 is 9.47 Å². The summed E-state index contributed by atoms with van der Waals surface area (Å²) in [4.78, 5) is 4.22. The molecule has 0 aromatic heterocycles. The lowest BCUT2D eigenvalue weighted by molar-refractivity contribution is 0.213. The molecule has 1 aromatic carbocycles. The Labute approximate surface area is 169 Å². The predicted molar refractivity (Wildman–Crippen MR) is 116 cm³/mol. The first-order chi connectivity index (χ1) is 11.4. The van der Waals surface area contributed by atoms with E-state index in [9.17, 15) is 0 Å². The Bertz CT molecular complexity index is 518. The Morgan fingerprint density at radius 2 is 1.76 bits per heavy atom. The number of guanidine groups is 1. The number of para-hydroxylation sites is 2. The molecule has 144 valence electrons. The van der Waals surface area contributed by atoms with Crippen LogP contribution in [0.1, 0.15) is 27.7 Å². The van der Waals surface area contributed by atoms with Gasteiger partial charge in [-0.1, -0.05) is 12.1 Å². The molecule has 1 unspecified atom stereocenters. The predicted octanol–water partition coefficient (Wildman–Crippen LogP) is 2.63. The van der Waals surface area contributed by atoms with Gasteiger partial charge in [0.15, 0.2) is 17.5 Å². The number of rotatable bonds is 8. The Hall–Kier alpha value is -1.22. The van der Waals surface area contributed by atoms with E-state index >= 15 is 0 Å². The molecule has 0 radical (unpaired) electrons. The summed E-state index contributed by atoms with van der Waals surface area (Å²) >= 11 is 0. The van der Waals surface area contributed by atoms with Crippen LogP contribution in [-0.4, -0.2) is 51.4 Å². The van der Waals surface area contributed by atoms with Crippen LogP contribution in [0.4, 0.5) is 0 Å². The third kappa shape index (κ3) is 10.4. The van der Waals surface area contributed by atoms with E-state index in [1.165, 1.54) is 0 Å². The number of hydrogen-bond donors (Lipinski definition) is 3. The largest absolute Gasteiger partial charge is 0.493 e. The lowest BCUT2D eigenvalue weighted by Gasteiger charge is -2.22. The number of aliphatic imine (C=N–C) groups is 1. The van der Waals surface area contributed by atoms with Gasteiger partial charge >= 0.3 is 0 Å². The Kier molecular flexibility index (Phi) is 11.6. The van der Waals surface area contributed by atoms with Gasteiger partial charge < -0.3 is 25.4 Å². The van der Waals surface area contributed by atoms with Gasteiger partial charge in [-0.15, -0.1) is 24.0 Å². The first-order valence-electron chi connectivity index (χ1n) is 8.35. The summed E-state index contributed by atoms with van der Waals surface area (Å²) in [5.41, 5.74) is 0.121. The maximum atomic E-state index is 5.92. The fourth-order valence-electron chi connectivity index (χ4n) is 2.05. The van der Waals surface area contributed by atoms with Crippen molar-refractivity contribution in [3.05, 3.63) is 24.3 Å². The molecule has 7 heteroatoms. The van der Waals surface area contributed by atoms with Crippen LogP contribution < -0.4 is 25.4 Å². The number of methoxy groups -OCH3 is 1. The topological polar surface area (TPSA) is 66.9 Å². The zero-order chi connectivity index (χ0) is 18.0. The second kappa shape index (κ2) is 12.2. The van der Waals surface area contributed by atoms with Crippen LogP contribution >= 0.6 is 24.0 Å². The van der Waals surface area contributed by atoms with Gasteiger partial charge in [-0.2, -0.15) is 0 Å². The van der Waals surface area contributed by atoms with Crippen LogP contribution in [0.3, 0.4) is 0 Å². The van der Waals surface area contributed by atoms with E-state index < -0.39 is 0 Å². The molecule has 1 aromatic rings. The normalized spacial score (nSPS) is 12.8. The second-order valence-corrected chi connectivity index (χ2v) is 6.64. The van der Waals surface area contributed by atoms with Crippen LogP contribution in [0.25, 0.3) is 0 Å². The van der Waals surface area contributed by atoms with E-state index in [2.05, 4.69) is 41.7 Å². The fourth-order valence-corrected chi connectivity index (χ4v) is 2.05. The van der Waals surface area contributed by atoms with E-state index in [0.29, 0.717) is 6.54 Å². The average Bonchev–Trinajstić information content (AvgIpc) is 2.53. The lowest BCUT2D eigenvalue weighted by atomic mass is 10.1. The minimum absolute atomic E-state index is 0. The number of hydrogen-bond acceptors (Lipinski definition) is 4. The summed E-state index contributed by atoms with van der Waals surface area (Å²) in [6.45, 7) is 10.8. The van der Waals surface area contributed by atoms with Crippen LogP contribution in [0.2, 0.25) is 0 Å². The second-order valence-electron chi connectivity index (χ2n) is 6.64. The van der Waals surface area contributed by atoms with E-state index in [1.807, 2.05) is 31.2 Å². The fraction of sp³-hybridized carbons (Fsp3) is 0.611. The Balaban J connectivity index is 0.00000576. The SMILES string of the molecule is CN=C(NCCNC(C)(C)C)NCC(C)Oc1ccccc1OC.I. The average molecular weight is 464 g/mol. The first kappa shape index (κ1) is 23.8. The van der Waals surface area contributed by atoms with E-state index in [-0.39, 0.29) is 35.6 Å². The molecule has 1 atom stereocenters. The lowest BCUT2D eigenvalue weighted by Crippen LogP contribution is -2.46. The zero-order valence-corrected chi connectivity index (χ0v) is 18.5. The molecule has 0 spiro atoms. The van der Waals surface area contributed by atoms with Crippen LogP contribution in [0, 0.1) is 0 Å². The molecule has 0 fully saturated rings. The molecule has 0 aliphatic rings. The molecular formula is C18H33IN4O2. The van der Waals surface area contributed by atoms with Gasteiger partial charge in [0, 0.05) is 25.7 Å². The molecule has 0 amide bonds. The molecular weight excluding hydrogens is 431 g/mol. The van der Waals surface area contributed by atoms with Gasteiger partial charge in [0.1, 0.15) is 6.10 Å². The number of benzene rings is 1. The molecule has 0 aliphatic carbocycles. The summed E-state index contributed by atoms with van der Waals surface area (Å²) in [5, 5.41) is 9.98. The number of ether oxygens (including phenoxy) is 2. The maximum Gasteiger partial charge on any atom is 0.191 e. The standard InChI is InChI=1S/C18H32N4O2.HI/c1-14(24-16-10-8-7-9-15(16)23-6)13-21-17(19-5)20-11-12-22-18(2,3)4;/h7-10,14,22H,11-13H2,1-6H3,(H2,19,20,21);1H. The molecule has 0 aliphatic heterocycles. The molecule has 0 saturated carbocycles. The molecule has 1 rings (SSSR count). The highest BCUT2D eigenvalue weighted by atomic mass is 127. The third-order valence-corrected chi connectivity index (χ3v) is 3.25. The Morgan fingerprint density at radius 3 is 2.32 bits per heavy atom. The first-order valence-corrected chi connectivity index (χ1v) is 8.35. The van der Waals surface area contributed by atoms with Crippen molar-refractivity contribution in [1.82, 2.24) is 16.0 Å². The monoisotopic (exact) mass is 464 g/mol. The van der Waals surface area contributed by atoms with E-state index in [0.717, 1.165) is 30.5 Å². The van der Waals surface area contributed by atoms with Crippen LogP contribution in [-0.2, 0) is 0 Å². The zero-order valence-electron chi connectivity index (χ0n) is 16.2. The summed E-state index contributed by atoms with van der Waals surface area (Å²) in [5.74, 6) is 2.24. The van der Waals surface area contributed by atoms with Crippen molar-refractivity contribution >= 4 is 29.9 Å². The van der Waals surface area contributed by atoms with Gasteiger partial charge in [-0.25, -0.2) is 0 Å². The molecule has 0 heterocycles. The Morgan fingerprint density at radius 1 is 1.12 bits per heavy atom. The van der Waals surface area contributed by atoms with Gasteiger partial charge in [-0.3, -0.25) is 4.99 Å². The summed E-state index contributed by atoms with van der Waals surface area (Å²) in [6.07, 6.45) is -0.0208. The number of nitrogens with zero attached hydrogens (tertiary/aromatic N) is 1. The number of halogens is 1. The van der Waals surface area contributed by atoms with Crippen molar-refractivity contribution in [2.75, 3.05) is 33.8 Å². The minimum atomic E-state index is -0.0208. The van der Waals surface area contributed by atoms with Crippen LogP contribution in [0.5, 0.6) is 11.5 Å². The summed E-state index contributed by atoms with van der Waals surface area (Å²) < 4.78 is 11.2. The maximum absolute atomic E-state index is 5.92. The quantitative estimate of drug-likeness (QED) is 0.239. The van der Waals surface area contributed by atoms with Crippen LogP contribution in [0.15, 0.2) is 29.3 Å². The van der Waals surface area contributed by atoms with E-state index in [4.69, 9.17) is 9.47 Å². The van der Waals surface area contributed by atoms with Crippen molar-refractivity contribution in [3.8, 4) is 11.5 Å². The van der Waals surface area contributed by atoms with Gasteiger partial charge in [0.25, 0.3) is 0 Å². The molecule has 0 saturated heterocycles. The molecule has 6 nitrogen and oxygen atoms in total. The van der Waals surface area contributed by atoms with Crippen molar-refractivity contribution in [3.63, 3.8) is 0 Å². The molecule has 0 bridgehead atoms. The van der Waals surface area contributed by atoms with Gasteiger partial charge in [0.05, 0.1) is 13.7 Å². The molecule has 3 N–H and O–H groups in total. The third-order valence-electron chi connectivity index (χ3n) is 3.25. The van der Waals surface area contributed by atoms with Crippen molar-refractivity contribution in [1.29, 1.82) is 0 Å². The van der Waals surface area contributed by atoms with E-state index in [1.54, 1.807) is 14.2 Å². The highest BCUT2D eigenvalue weighted by Crippen LogP contribution is 2.26. The molecule has 25 heavy (non-hydrogen) atoms. The highest BCUT2D eigenvalue weighted by molar-refractivity contribution is 14.0. The summed E-state index contributed by atoms with van der Waals surface area (Å²) in [6, 6.07) is 7.64.